The zero-order chi connectivity index (χ0) is 13.2. The van der Waals surface area contributed by atoms with Crippen LogP contribution in [0.3, 0.4) is 0 Å². The van der Waals surface area contributed by atoms with E-state index in [0.29, 0.717) is 18.2 Å². The second kappa shape index (κ2) is 5.26. The third-order valence-electron chi connectivity index (χ3n) is 3.47. The summed E-state index contributed by atoms with van der Waals surface area (Å²) in [6, 6.07) is 6.68. The van der Waals surface area contributed by atoms with Crippen molar-refractivity contribution in [2.24, 2.45) is 11.8 Å². The molecule has 0 aromatic heterocycles. The van der Waals surface area contributed by atoms with Crippen LogP contribution in [0.4, 0.5) is 5.69 Å². The van der Waals surface area contributed by atoms with E-state index < -0.39 is 10.0 Å². The first-order valence-electron chi connectivity index (χ1n) is 6.07. The van der Waals surface area contributed by atoms with Crippen molar-refractivity contribution in [3.63, 3.8) is 0 Å². The second-order valence-corrected chi connectivity index (χ2v) is 6.74. The standard InChI is InChI=1S/C12H19N3O2S/c1-15(9-10-5-4-6-10)18(16,17)12-8-3-2-7-11(12)14-13/h2-3,7-8,10,14H,4-6,9,13H2,1H3. The molecule has 1 saturated carbocycles. The Morgan fingerprint density at radius 1 is 1.39 bits per heavy atom. The molecule has 1 aliphatic carbocycles. The molecule has 1 aliphatic rings. The van der Waals surface area contributed by atoms with E-state index in [9.17, 15) is 8.42 Å². The summed E-state index contributed by atoms with van der Waals surface area (Å²) in [6.45, 7) is 0.585. The maximum Gasteiger partial charge on any atom is 0.244 e. The number of hydrogen-bond donors (Lipinski definition) is 2. The molecular weight excluding hydrogens is 250 g/mol. The molecule has 0 radical (unpaired) electrons. The van der Waals surface area contributed by atoms with Gasteiger partial charge < -0.3 is 5.43 Å². The third-order valence-corrected chi connectivity index (χ3v) is 5.35. The topological polar surface area (TPSA) is 75.4 Å². The van der Waals surface area contributed by atoms with Gasteiger partial charge in [0, 0.05) is 13.6 Å². The van der Waals surface area contributed by atoms with Gasteiger partial charge in [0.15, 0.2) is 0 Å². The highest BCUT2D eigenvalue weighted by molar-refractivity contribution is 7.89. The molecule has 0 amide bonds. The van der Waals surface area contributed by atoms with Crippen LogP contribution in [0.15, 0.2) is 29.2 Å². The van der Waals surface area contributed by atoms with Crippen molar-refractivity contribution in [3.05, 3.63) is 24.3 Å². The van der Waals surface area contributed by atoms with Crippen LogP contribution in [0.25, 0.3) is 0 Å². The van der Waals surface area contributed by atoms with Crippen molar-refractivity contribution in [2.75, 3.05) is 19.0 Å². The minimum atomic E-state index is -3.46. The number of nitrogens with zero attached hydrogens (tertiary/aromatic N) is 1. The number of nitrogens with one attached hydrogen (secondary N) is 1. The van der Waals surface area contributed by atoms with Gasteiger partial charge >= 0.3 is 0 Å². The van der Waals surface area contributed by atoms with Gasteiger partial charge in [-0.2, -0.15) is 0 Å². The van der Waals surface area contributed by atoms with Gasteiger partial charge in [-0.3, -0.25) is 5.84 Å². The number of benzene rings is 1. The van der Waals surface area contributed by atoms with Crippen LogP contribution in [-0.2, 0) is 10.0 Å². The fourth-order valence-corrected chi connectivity index (χ4v) is 3.51. The molecule has 0 saturated heterocycles. The van der Waals surface area contributed by atoms with E-state index in [-0.39, 0.29) is 4.90 Å². The van der Waals surface area contributed by atoms with Crippen molar-refractivity contribution in [1.82, 2.24) is 4.31 Å². The van der Waals surface area contributed by atoms with E-state index in [0.717, 1.165) is 12.8 Å². The maximum atomic E-state index is 12.4. The van der Waals surface area contributed by atoms with Gasteiger partial charge in [0.1, 0.15) is 4.90 Å². The minimum absolute atomic E-state index is 0.231. The Labute approximate surface area is 108 Å². The molecule has 0 bridgehead atoms. The van der Waals surface area contributed by atoms with Gasteiger partial charge in [-0.15, -0.1) is 0 Å². The largest absolute Gasteiger partial charge is 0.323 e. The Bertz CT molecular complexity index is 512. The SMILES string of the molecule is CN(CC1CCC1)S(=O)(=O)c1ccccc1NN. The molecule has 3 N–H and O–H groups in total. The molecule has 0 heterocycles. The number of nitrogen functional groups attached to an aromatic ring is 1. The van der Waals surface area contributed by atoms with Crippen LogP contribution in [0.1, 0.15) is 19.3 Å². The number of hydrazine groups is 1. The Morgan fingerprint density at radius 3 is 2.61 bits per heavy atom. The molecule has 18 heavy (non-hydrogen) atoms. The first-order valence-corrected chi connectivity index (χ1v) is 7.51. The second-order valence-electron chi connectivity index (χ2n) is 4.72. The molecule has 1 aromatic rings. The molecule has 1 aromatic carbocycles. The van der Waals surface area contributed by atoms with Gasteiger partial charge in [-0.1, -0.05) is 18.6 Å². The Kier molecular flexibility index (Phi) is 3.89. The molecule has 0 atom stereocenters. The lowest BCUT2D eigenvalue weighted by molar-refractivity contribution is 0.263. The van der Waals surface area contributed by atoms with Crippen molar-refractivity contribution in [3.8, 4) is 0 Å². The summed E-state index contributed by atoms with van der Waals surface area (Å²) in [4.78, 5) is 0.231. The lowest BCUT2D eigenvalue weighted by atomic mass is 9.86. The average Bonchev–Trinajstić information content (AvgIpc) is 2.33. The maximum absolute atomic E-state index is 12.4. The van der Waals surface area contributed by atoms with Crippen molar-refractivity contribution < 1.29 is 8.42 Å². The summed E-state index contributed by atoms with van der Waals surface area (Å²) in [6.07, 6.45) is 3.45. The zero-order valence-corrected chi connectivity index (χ0v) is 11.3. The Hall–Kier alpha value is -1.11. The first kappa shape index (κ1) is 13.3. The molecule has 2 rings (SSSR count). The van der Waals surface area contributed by atoms with E-state index in [1.54, 1.807) is 31.3 Å². The zero-order valence-electron chi connectivity index (χ0n) is 10.5. The monoisotopic (exact) mass is 269 g/mol. The third kappa shape index (κ3) is 2.50. The molecule has 100 valence electrons. The van der Waals surface area contributed by atoms with Gasteiger partial charge in [0.05, 0.1) is 5.69 Å². The molecular formula is C12H19N3O2S. The lowest BCUT2D eigenvalue weighted by Crippen LogP contribution is -2.34. The van der Waals surface area contributed by atoms with Crippen molar-refractivity contribution in [1.29, 1.82) is 0 Å². The van der Waals surface area contributed by atoms with Crippen LogP contribution in [0.5, 0.6) is 0 Å². The minimum Gasteiger partial charge on any atom is -0.323 e. The van der Waals surface area contributed by atoms with E-state index in [1.807, 2.05) is 0 Å². The summed E-state index contributed by atoms with van der Waals surface area (Å²) < 4.78 is 26.3. The summed E-state index contributed by atoms with van der Waals surface area (Å²) >= 11 is 0. The van der Waals surface area contributed by atoms with Crippen LogP contribution in [-0.4, -0.2) is 26.3 Å². The fraction of sp³-hybridized carbons (Fsp3) is 0.500. The smallest absolute Gasteiger partial charge is 0.244 e. The van der Waals surface area contributed by atoms with E-state index in [4.69, 9.17) is 5.84 Å². The summed E-state index contributed by atoms with van der Waals surface area (Å²) in [5.74, 6) is 5.86. The molecule has 1 fully saturated rings. The van der Waals surface area contributed by atoms with Gasteiger partial charge in [0.2, 0.25) is 10.0 Å². The van der Waals surface area contributed by atoms with Crippen LogP contribution < -0.4 is 11.3 Å². The lowest BCUT2D eigenvalue weighted by Gasteiger charge is -2.29. The molecule has 0 unspecified atom stereocenters. The number of para-hydroxylation sites is 1. The Balaban J connectivity index is 2.23. The number of sulfonamides is 1. The summed E-state index contributed by atoms with van der Waals surface area (Å²) in [7, 11) is -1.84. The quantitative estimate of drug-likeness (QED) is 0.625. The Morgan fingerprint density at radius 2 is 2.06 bits per heavy atom. The molecule has 0 spiro atoms. The molecule has 5 nitrogen and oxygen atoms in total. The van der Waals surface area contributed by atoms with Crippen molar-refractivity contribution >= 4 is 15.7 Å². The van der Waals surface area contributed by atoms with Crippen LogP contribution in [0.2, 0.25) is 0 Å². The normalized spacial score (nSPS) is 16.6. The van der Waals surface area contributed by atoms with E-state index in [1.165, 1.54) is 10.7 Å². The summed E-state index contributed by atoms with van der Waals surface area (Å²) in [5.41, 5.74) is 2.86. The van der Waals surface area contributed by atoms with Gasteiger partial charge in [-0.05, 0) is 30.9 Å². The van der Waals surface area contributed by atoms with Gasteiger partial charge in [-0.25, -0.2) is 12.7 Å². The highest BCUT2D eigenvalue weighted by Crippen LogP contribution is 2.29. The van der Waals surface area contributed by atoms with Crippen LogP contribution >= 0.6 is 0 Å². The van der Waals surface area contributed by atoms with E-state index in [2.05, 4.69) is 5.43 Å². The average molecular weight is 269 g/mol. The highest BCUT2D eigenvalue weighted by Gasteiger charge is 2.28. The highest BCUT2D eigenvalue weighted by atomic mass is 32.2. The number of rotatable bonds is 5. The fourth-order valence-electron chi connectivity index (χ4n) is 2.12. The van der Waals surface area contributed by atoms with Gasteiger partial charge in [0.25, 0.3) is 0 Å². The number of hydrogen-bond acceptors (Lipinski definition) is 4. The summed E-state index contributed by atoms with van der Waals surface area (Å²) in [5, 5.41) is 0. The van der Waals surface area contributed by atoms with Crippen LogP contribution in [0, 0.1) is 5.92 Å². The predicted octanol–water partition coefficient (Wildman–Crippen LogP) is 1.39. The molecule has 0 aliphatic heterocycles. The van der Waals surface area contributed by atoms with Crippen molar-refractivity contribution in [2.45, 2.75) is 24.2 Å². The first-order chi connectivity index (χ1) is 8.55. The number of anilines is 1. The molecule has 6 heteroatoms. The van der Waals surface area contributed by atoms with E-state index >= 15 is 0 Å². The predicted molar refractivity (Wildman–Crippen MR) is 71.4 cm³/mol. The number of nitrogens with two attached hydrogens (primary N) is 1.